The summed E-state index contributed by atoms with van der Waals surface area (Å²) in [6.07, 6.45) is 7.04. The van der Waals surface area contributed by atoms with Crippen LogP contribution in [0.4, 0.5) is 5.69 Å². The number of likely N-dealkylation sites (tertiary alicyclic amines) is 1. The number of carbonyl (C=O) groups is 1. The lowest BCUT2D eigenvalue weighted by Crippen LogP contribution is -2.27. The number of hydrogen-bond donors (Lipinski definition) is 1. The third-order valence-corrected chi connectivity index (χ3v) is 5.53. The number of amides is 1. The zero-order valence-corrected chi connectivity index (χ0v) is 17.6. The fourth-order valence-corrected chi connectivity index (χ4v) is 4.07. The van der Waals surface area contributed by atoms with Gasteiger partial charge in [0, 0.05) is 17.9 Å². The molecule has 1 unspecified atom stereocenters. The SMILES string of the molecule is CCCC(C(=O)Nc1ccc(CN2CCCCCC2)cc1)n1nc(C)cc1C. The number of benzene rings is 1. The molecule has 1 aromatic carbocycles. The first-order valence-electron chi connectivity index (χ1n) is 10.7. The normalized spacial score (nSPS) is 16.5. The summed E-state index contributed by atoms with van der Waals surface area (Å²) in [7, 11) is 0. The molecule has 0 radical (unpaired) electrons. The highest BCUT2D eigenvalue weighted by Gasteiger charge is 2.22. The molecule has 1 fully saturated rings. The molecule has 0 bridgehead atoms. The molecule has 1 saturated heterocycles. The summed E-state index contributed by atoms with van der Waals surface area (Å²) in [4.78, 5) is 15.5. The second-order valence-electron chi connectivity index (χ2n) is 8.05. The van der Waals surface area contributed by atoms with E-state index in [9.17, 15) is 4.79 Å². The van der Waals surface area contributed by atoms with Crippen LogP contribution in [0.1, 0.15) is 68.4 Å². The molecule has 1 atom stereocenters. The first-order chi connectivity index (χ1) is 13.6. The number of nitrogens with zero attached hydrogens (tertiary/aromatic N) is 3. The molecule has 0 aliphatic carbocycles. The molecular weight excluding hydrogens is 348 g/mol. The van der Waals surface area contributed by atoms with E-state index >= 15 is 0 Å². The minimum Gasteiger partial charge on any atom is -0.324 e. The van der Waals surface area contributed by atoms with Gasteiger partial charge in [0.2, 0.25) is 5.91 Å². The fraction of sp³-hybridized carbons (Fsp3) is 0.565. The number of aromatic nitrogens is 2. The average molecular weight is 383 g/mol. The molecule has 0 saturated carbocycles. The Hall–Kier alpha value is -2.14. The maximum Gasteiger partial charge on any atom is 0.249 e. The van der Waals surface area contributed by atoms with Crippen LogP contribution < -0.4 is 5.32 Å². The van der Waals surface area contributed by atoms with Crippen LogP contribution in [0.3, 0.4) is 0 Å². The minimum absolute atomic E-state index is 0.00770. The van der Waals surface area contributed by atoms with E-state index in [4.69, 9.17) is 0 Å². The van der Waals surface area contributed by atoms with E-state index < -0.39 is 0 Å². The van der Waals surface area contributed by atoms with E-state index in [1.165, 1.54) is 44.3 Å². The molecule has 2 heterocycles. The van der Waals surface area contributed by atoms with E-state index in [0.717, 1.165) is 36.5 Å². The third-order valence-electron chi connectivity index (χ3n) is 5.53. The van der Waals surface area contributed by atoms with Crippen LogP contribution in [0.25, 0.3) is 0 Å². The van der Waals surface area contributed by atoms with Gasteiger partial charge in [0.1, 0.15) is 6.04 Å². The Morgan fingerprint density at radius 2 is 1.79 bits per heavy atom. The average Bonchev–Trinajstić information content (AvgIpc) is 2.86. The number of aryl methyl sites for hydroxylation is 2. The highest BCUT2D eigenvalue weighted by Crippen LogP contribution is 2.20. The number of anilines is 1. The predicted octanol–water partition coefficient (Wildman–Crippen LogP) is 4.86. The maximum atomic E-state index is 12.9. The van der Waals surface area contributed by atoms with E-state index in [0.29, 0.717) is 0 Å². The summed E-state index contributed by atoms with van der Waals surface area (Å²) in [5, 5.41) is 7.62. The Bertz CT molecular complexity index is 757. The molecule has 152 valence electrons. The molecule has 2 aromatic rings. The van der Waals surface area contributed by atoms with Gasteiger partial charge in [0.25, 0.3) is 0 Å². The molecule has 5 heteroatoms. The first-order valence-corrected chi connectivity index (χ1v) is 10.7. The van der Waals surface area contributed by atoms with Crippen molar-refractivity contribution in [1.29, 1.82) is 0 Å². The summed E-state index contributed by atoms with van der Waals surface area (Å²) >= 11 is 0. The van der Waals surface area contributed by atoms with Crippen LogP contribution in [0.15, 0.2) is 30.3 Å². The number of rotatable bonds is 7. The summed E-state index contributed by atoms with van der Waals surface area (Å²) in [6.45, 7) is 9.46. The van der Waals surface area contributed by atoms with Crippen LogP contribution in [0, 0.1) is 13.8 Å². The van der Waals surface area contributed by atoms with Gasteiger partial charge in [0.15, 0.2) is 0 Å². The second-order valence-corrected chi connectivity index (χ2v) is 8.05. The van der Waals surface area contributed by atoms with Crippen LogP contribution in [0.5, 0.6) is 0 Å². The topological polar surface area (TPSA) is 50.2 Å². The van der Waals surface area contributed by atoms with Gasteiger partial charge < -0.3 is 5.32 Å². The van der Waals surface area contributed by atoms with Crippen LogP contribution >= 0.6 is 0 Å². The number of hydrogen-bond acceptors (Lipinski definition) is 3. The van der Waals surface area contributed by atoms with Gasteiger partial charge in [-0.2, -0.15) is 5.10 Å². The Kier molecular flexibility index (Phi) is 7.26. The standard InChI is InChI=1S/C23H34N4O/c1-4-9-22(27-19(3)16-18(2)25-27)23(28)24-21-12-10-20(11-13-21)17-26-14-7-5-6-8-15-26/h10-13,16,22H,4-9,14-15,17H2,1-3H3,(H,24,28). The largest absolute Gasteiger partial charge is 0.324 e. The molecule has 1 amide bonds. The van der Waals surface area contributed by atoms with E-state index in [-0.39, 0.29) is 11.9 Å². The van der Waals surface area contributed by atoms with E-state index in [1.54, 1.807) is 0 Å². The van der Waals surface area contributed by atoms with Crippen molar-refractivity contribution in [3.05, 3.63) is 47.3 Å². The number of carbonyl (C=O) groups excluding carboxylic acids is 1. The second kappa shape index (κ2) is 9.87. The lowest BCUT2D eigenvalue weighted by Gasteiger charge is -2.20. The maximum absolute atomic E-state index is 12.9. The first kappa shape index (κ1) is 20.6. The van der Waals surface area contributed by atoms with Gasteiger partial charge in [-0.1, -0.05) is 38.3 Å². The molecule has 1 aliphatic rings. The zero-order valence-electron chi connectivity index (χ0n) is 17.6. The minimum atomic E-state index is -0.268. The van der Waals surface area contributed by atoms with Crippen molar-refractivity contribution in [2.75, 3.05) is 18.4 Å². The summed E-state index contributed by atoms with van der Waals surface area (Å²) in [6, 6.07) is 10.1. The molecule has 1 aromatic heterocycles. The molecule has 5 nitrogen and oxygen atoms in total. The summed E-state index contributed by atoms with van der Waals surface area (Å²) in [5.74, 6) is 0.00770. The molecular formula is C23H34N4O. The van der Waals surface area contributed by atoms with Crippen molar-refractivity contribution in [3.63, 3.8) is 0 Å². The van der Waals surface area contributed by atoms with Crippen molar-refractivity contribution in [1.82, 2.24) is 14.7 Å². The van der Waals surface area contributed by atoms with Crippen LogP contribution in [-0.2, 0) is 11.3 Å². The van der Waals surface area contributed by atoms with Crippen LogP contribution in [0.2, 0.25) is 0 Å². The van der Waals surface area contributed by atoms with Gasteiger partial charge in [-0.3, -0.25) is 14.4 Å². The van der Waals surface area contributed by atoms with Gasteiger partial charge >= 0.3 is 0 Å². The van der Waals surface area contributed by atoms with E-state index in [1.807, 2.05) is 36.7 Å². The smallest absolute Gasteiger partial charge is 0.249 e. The lowest BCUT2D eigenvalue weighted by atomic mass is 10.1. The summed E-state index contributed by atoms with van der Waals surface area (Å²) < 4.78 is 1.86. The van der Waals surface area contributed by atoms with Crippen molar-refractivity contribution in [3.8, 4) is 0 Å². The molecule has 0 spiro atoms. The summed E-state index contributed by atoms with van der Waals surface area (Å²) in [5.41, 5.74) is 4.14. The molecule has 28 heavy (non-hydrogen) atoms. The Morgan fingerprint density at radius 3 is 2.36 bits per heavy atom. The Morgan fingerprint density at radius 1 is 1.11 bits per heavy atom. The van der Waals surface area contributed by atoms with E-state index in [2.05, 4.69) is 34.4 Å². The van der Waals surface area contributed by atoms with Crippen molar-refractivity contribution < 1.29 is 4.79 Å². The lowest BCUT2D eigenvalue weighted by molar-refractivity contribution is -0.119. The van der Waals surface area contributed by atoms with Crippen molar-refractivity contribution >= 4 is 11.6 Å². The quantitative estimate of drug-likeness (QED) is 0.744. The Balaban J connectivity index is 1.63. The highest BCUT2D eigenvalue weighted by atomic mass is 16.2. The monoisotopic (exact) mass is 382 g/mol. The Labute approximate surface area is 169 Å². The van der Waals surface area contributed by atoms with Crippen LogP contribution in [-0.4, -0.2) is 33.7 Å². The highest BCUT2D eigenvalue weighted by molar-refractivity contribution is 5.93. The van der Waals surface area contributed by atoms with Gasteiger partial charge in [-0.05, 0) is 70.0 Å². The van der Waals surface area contributed by atoms with Gasteiger partial charge in [-0.15, -0.1) is 0 Å². The number of nitrogens with one attached hydrogen (secondary N) is 1. The molecule has 3 rings (SSSR count). The predicted molar refractivity (Wildman–Crippen MR) is 114 cm³/mol. The molecule has 1 aliphatic heterocycles. The molecule has 1 N–H and O–H groups in total. The van der Waals surface area contributed by atoms with Gasteiger partial charge in [0.05, 0.1) is 5.69 Å². The zero-order chi connectivity index (χ0) is 19.9. The van der Waals surface area contributed by atoms with Crippen molar-refractivity contribution in [2.24, 2.45) is 0 Å². The third kappa shape index (κ3) is 5.44. The van der Waals surface area contributed by atoms with Crippen molar-refractivity contribution in [2.45, 2.75) is 71.9 Å². The van der Waals surface area contributed by atoms with Gasteiger partial charge in [-0.25, -0.2) is 0 Å². The fourth-order valence-electron chi connectivity index (χ4n) is 4.07.